The van der Waals surface area contributed by atoms with Crippen LogP contribution in [0.4, 0.5) is 13.2 Å². The Hall–Kier alpha value is -3.43. The van der Waals surface area contributed by atoms with Crippen molar-refractivity contribution >= 4 is 18.0 Å². The van der Waals surface area contributed by atoms with Gasteiger partial charge in [0.15, 0.2) is 0 Å². The van der Waals surface area contributed by atoms with Crippen LogP contribution in [0.3, 0.4) is 0 Å². The molecular formula is C31H35F3N2O4. The summed E-state index contributed by atoms with van der Waals surface area (Å²) in [6, 6.07) is 15.3. The molecule has 2 fully saturated rings. The molecule has 2 unspecified atom stereocenters. The van der Waals surface area contributed by atoms with Crippen molar-refractivity contribution in [1.29, 1.82) is 0 Å². The van der Waals surface area contributed by atoms with E-state index in [1.165, 1.54) is 19.1 Å². The lowest BCUT2D eigenvalue weighted by Gasteiger charge is -2.56. The molecule has 1 saturated heterocycles. The van der Waals surface area contributed by atoms with Crippen molar-refractivity contribution in [2.24, 2.45) is 5.92 Å². The number of hydrogen-bond acceptors (Lipinski definition) is 5. The summed E-state index contributed by atoms with van der Waals surface area (Å²) < 4.78 is 53.5. The number of alkyl halides is 3. The topological polar surface area (TPSA) is 67.9 Å². The van der Waals surface area contributed by atoms with Crippen molar-refractivity contribution < 1.29 is 32.2 Å². The minimum atomic E-state index is -4.84. The Morgan fingerprint density at radius 1 is 1.18 bits per heavy atom. The first-order chi connectivity index (χ1) is 19.1. The number of methoxy groups -OCH3 is 1. The van der Waals surface area contributed by atoms with Gasteiger partial charge in [0.05, 0.1) is 12.3 Å². The molecule has 1 aliphatic heterocycles. The Bertz CT molecular complexity index is 1250. The zero-order chi connectivity index (χ0) is 28.9. The van der Waals surface area contributed by atoms with Crippen LogP contribution < -0.4 is 10.1 Å². The number of carbonyl (C=O) groups is 2. The average molecular weight is 557 g/mol. The van der Waals surface area contributed by atoms with Crippen molar-refractivity contribution in [3.8, 4) is 5.75 Å². The van der Waals surface area contributed by atoms with Gasteiger partial charge in [-0.2, -0.15) is 13.2 Å². The molecular weight excluding hydrogens is 521 g/mol. The predicted octanol–water partition coefficient (Wildman–Crippen LogP) is 5.64. The van der Waals surface area contributed by atoms with Crippen LogP contribution in [0.15, 0.2) is 72.8 Å². The van der Waals surface area contributed by atoms with E-state index in [0.717, 1.165) is 30.9 Å². The molecule has 0 radical (unpaired) electrons. The first kappa shape index (κ1) is 29.6. The summed E-state index contributed by atoms with van der Waals surface area (Å²) in [5.74, 6) is -1.23. The predicted molar refractivity (Wildman–Crippen MR) is 146 cm³/mol. The summed E-state index contributed by atoms with van der Waals surface area (Å²) in [5, 5.41) is 2.71. The third kappa shape index (κ3) is 6.47. The Labute approximate surface area is 232 Å². The van der Waals surface area contributed by atoms with Crippen LogP contribution >= 0.6 is 0 Å². The van der Waals surface area contributed by atoms with Gasteiger partial charge in [-0.1, -0.05) is 48.5 Å². The van der Waals surface area contributed by atoms with E-state index >= 15 is 0 Å². The van der Waals surface area contributed by atoms with E-state index in [4.69, 9.17) is 9.47 Å². The smallest absolute Gasteiger partial charge is 0.421 e. The number of hydrogen-bond donors (Lipinski definition) is 1. The Morgan fingerprint density at radius 3 is 2.58 bits per heavy atom. The standard InChI is InChI=1S/C31H35F3N2O4/c1-4-16-36-20-26-27(39-3)14-9-15-30(26,23-12-8-13-24(18-23)40-21(2)37)19-28(36)35-29(38)25(31(32,33)34)17-22-10-6-5-7-11-22/h4-8,10-13,17-18,26-28H,1,9,14-16,19-20H2,2-3H3,(H,35,38)/t26?,27?,28-,30-/m0/s1. The van der Waals surface area contributed by atoms with Crippen LogP contribution in [0.1, 0.15) is 43.7 Å². The SMILES string of the molecule is C=CCN1CC2C(OC)CCC[C@@]2(c2cccc(OC(C)=O)c2)C[C@H]1NC(=O)C(=Cc1ccccc1)C(F)(F)F. The molecule has 0 spiro atoms. The van der Waals surface area contributed by atoms with E-state index < -0.39 is 35.2 Å². The second kappa shape index (κ2) is 12.4. The van der Waals surface area contributed by atoms with Crippen LogP contribution in [0, 0.1) is 5.92 Å². The molecule has 1 heterocycles. The normalized spacial score (nSPS) is 25.5. The van der Waals surface area contributed by atoms with Crippen LogP contribution in [-0.2, 0) is 19.7 Å². The van der Waals surface area contributed by atoms with Crippen molar-refractivity contribution in [2.75, 3.05) is 20.2 Å². The molecule has 1 amide bonds. The molecule has 4 rings (SSSR count). The fourth-order valence-corrected chi connectivity index (χ4v) is 6.29. The van der Waals surface area contributed by atoms with Gasteiger partial charge in [-0.15, -0.1) is 6.58 Å². The summed E-state index contributed by atoms with van der Waals surface area (Å²) in [6.07, 6.45) is -0.266. The average Bonchev–Trinajstić information content (AvgIpc) is 2.91. The van der Waals surface area contributed by atoms with Gasteiger partial charge < -0.3 is 14.8 Å². The van der Waals surface area contributed by atoms with E-state index in [1.807, 2.05) is 23.1 Å². The number of rotatable bonds is 8. The summed E-state index contributed by atoms with van der Waals surface area (Å²) in [4.78, 5) is 26.9. The van der Waals surface area contributed by atoms with Gasteiger partial charge in [-0.05, 0) is 55.0 Å². The highest BCUT2D eigenvalue weighted by atomic mass is 19.4. The van der Waals surface area contributed by atoms with Crippen molar-refractivity contribution in [3.05, 3.63) is 84.0 Å². The number of piperidine rings is 1. The molecule has 6 nitrogen and oxygen atoms in total. The number of halogens is 3. The molecule has 2 aromatic rings. The maximum absolute atomic E-state index is 14.1. The lowest BCUT2D eigenvalue weighted by atomic mass is 9.57. The molecule has 1 aliphatic carbocycles. The number of ether oxygens (including phenoxy) is 2. The molecule has 9 heteroatoms. The number of nitrogens with one attached hydrogen (secondary N) is 1. The fraction of sp³-hybridized carbons (Fsp3) is 0.419. The molecule has 1 N–H and O–H groups in total. The minimum absolute atomic E-state index is 0.00567. The van der Waals surface area contributed by atoms with Gasteiger partial charge in [0.25, 0.3) is 5.91 Å². The lowest BCUT2D eigenvalue weighted by molar-refractivity contribution is -0.135. The number of nitrogens with zero attached hydrogens (tertiary/aromatic N) is 1. The van der Waals surface area contributed by atoms with Gasteiger partial charge in [-0.25, -0.2) is 0 Å². The van der Waals surface area contributed by atoms with Crippen molar-refractivity contribution in [3.63, 3.8) is 0 Å². The van der Waals surface area contributed by atoms with E-state index in [2.05, 4.69) is 11.9 Å². The summed E-state index contributed by atoms with van der Waals surface area (Å²) in [6.45, 7) is 6.02. The maximum Gasteiger partial charge on any atom is 0.421 e. The highest BCUT2D eigenvalue weighted by Crippen LogP contribution is 2.51. The third-order valence-electron chi connectivity index (χ3n) is 7.99. The first-order valence-electron chi connectivity index (χ1n) is 13.4. The van der Waals surface area contributed by atoms with Gasteiger partial charge in [0.2, 0.25) is 0 Å². The Morgan fingerprint density at radius 2 is 1.93 bits per heavy atom. The van der Waals surface area contributed by atoms with Crippen LogP contribution in [0.2, 0.25) is 0 Å². The Balaban J connectivity index is 1.73. The van der Waals surface area contributed by atoms with E-state index in [1.54, 1.807) is 37.5 Å². The highest BCUT2D eigenvalue weighted by Gasteiger charge is 2.53. The fourth-order valence-electron chi connectivity index (χ4n) is 6.29. The van der Waals surface area contributed by atoms with E-state index in [9.17, 15) is 22.8 Å². The second-order valence-corrected chi connectivity index (χ2v) is 10.5. The summed E-state index contributed by atoms with van der Waals surface area (Å²) in [7, 11) is 1.67. The quantitative estimate of drug-likeness (QED) is 0.197. The molecule has 2 aliphatic rings. The minimum Gasteiger partial charge on any atom is -0.427 e. The van der Waals surface area contributed by atoms with Gasteiger partial charge in [0, 0.05) is 38.5 Å². The lowest BCUT2D eigenvalue weighted by Crippen LogP contribution is -2.64. The monoisotopic (exact) mass is 556 g/mol. The van der Waals surface area contributed by atoms with E-state index in [0.29, 0.717) is 25.3 Å². The first-order valence-corrected chi connectivity index (χ1v) is 13.4. The van der Waals surface area contributed by atoms with Crippen LogP contribution in [0.5, 0.6) is 5.75 Å². The van der Waals surface area contributed by atoms with Gasteiger partial charge in [0.1, 0.15) is 11.3 Å². The molecule has 2 aromatic carbocycles. The van der Waals surface area contributed by atoms with Crippen LogP contribution in [-0.4, -0.2) is 55.4 Å². The van der Waals surface area contributed by atoms with Crippen molar-refractivity contribution in [2.45, 2.75) is 56.5 Å². The molecule has 214 valence electrons. The molecule has 40 heavy (non-hydrogen) atoms. The van der Waals surface area contributed by atoms with Crippen molar-refractivity contribution in [1.82, 2.24) is 10.2 Å². The Kier molecular flexibility index (Phi) is 9.15. The molecule has 0 aromatic heterocycles. The number of likely N-dealkylation sites (tertiary alicyclic amines) is 1. The number of amides is 1. The van der Waals surface area contributed by atoms with Gasteiger partial charge in [-0.3, -0.25) is 14.5 Å². The number of carbonyl (C=O) groups excluding carboxylic acids is 2. The number of benzene rings is 2. The zero-order valence-electron chi connectivity index (χ0n) is 22.7. The number of fused-ring (bicyclic) bond motifs is 1. The second-order valence-electron chi connectivity index (χ2n) is 10.5. The zero-order valence-corrected chi connectivity index (χ0v) is 22.7. The summed E-state index contributed by atoms with van der Waals surface area (Å²) >= 11 is 0. The number of esters is 1. The van der Waals surface area contributed by atoms with E-state index in [-0.39, 0.29) is 17.6 Å². The molecule has 4 atom stereocenters. The molecule has 1 saturated carbocycles. The third-order valence-corrected chi connectivity index (χ3v) is 7.99. The maximum atomic E-state index is 14.1. The summed E-state index contributed by atoms with van der Waals surface area (Å²) in [5.41, 5.74) is -0.590. The van der Waals surface area contributed by atoms with Crippen LogP contribution in [0.25, 0.3) is 6.08 Å². The van der Waals surface area contributed by atoms with Gasteiger partial charge >= 0.3 is 12.1 Å². The largest absolute Gasteiger partial charge is 0.427 e. The molecule has 0 bridgehead atoms. The highest BCUT2D eigenvalue weighted by molar-refractivity contribution is 5.99.